The highest BCUT2D eigenvalue weighted by Crippen LogP contribution is 2.22. The molecule has 2 saturated heterocycles. The van der Waals surface area contributed by atoms with Crippen LogP contribution in [-0.2, 0) is 11.3 Å². The maximum Gasteiger partial charge on any atom is 0.290 e. The highest BCUT2D eigenvalue weighted by atomic mass is 16.3. The van der Waals surface area contributed by atoms with Gasteiger partial charge >= 0.3 is 0 Å². The molecule has 0 aliphatic carbocycles. The van der Waals surface area contributed by atoms with Gasteiger partial charge < -0.3 is 14.2 Å². The number of furan rings is 1. The Morgan fingerprint density at radius 3 is 2.59 bits per heavy atom. The molecule has 0 radical (unpaired) electrons. The van der Waals surface area contributed by atoms with Gasteiger partial charge in [-0.2, -0.15) is 0 Å². The van der Waals surface area contributed by atoms with E-state index >= 15 is 0 Å². The molecule has 29 heavy (non-hydrogen) atoms. The Hall–Kier alpha value is -2.60. The Morgan fingerprint density at radius 2 is 1.86 bits per heavy atom. The number of likely N-dealkylation sites (tertiary alicyclic amines) is 1. The number of piperazine rings is 1. The summed E-state index contributed by atoms with van der Waals surface area (Å²) in [6.07, 6.45) is 4.14. The Kier molecular flexibility index (Phi) is 6.00. The highest BCUT2D eigenvalue weighted by molar-refractivity contribution is 5.95. The van der Waals surface area contributed by atoms with E-state index in [9.17, 15) is 9.59 Å². The number of nitrogens with zero attached hydrogens (tertiary/aromatic N) is 3. The molecule has 0 N–H and O–H groups in total. The highest BCUT2D eigenvalue weighted by Gasteiger charge is 2.36. The van der Waals surface area contributed by atoms with Crippen LogP contribution in [0.2, 0.25) is 0 Å². The zero-order chi connectivity index (χ0) is 20.2. The Morgan fingerprint density at radius 1 is 1.03 bits per heavy atom. The molecule has 0 saturated carbocycles. The molecule has 154 valence electrons. The molecule has 1 aromatic heterocycles. The second-order valence-electron chi connectivity index (χ2n) is 8.08. The molecule has 0 bridgehead atoms. The van der Waals surface area contributed by atoms with E-state index in [0.717, 1.165) is 38.9 Å². The van der Waals surface area contributed by atoms with Crippen molar-refractivity contribution in [3.8, 4) is 0 Å². The SMILES string of the molecule is Cc1cccc(CN2CCN(C(=O)C3CCCCN3C(=O)c3ccco3)CC2)c1. The second kappa shape index (κ2) is 8.82. The van der Waals surface area contributed by atoms with Gasteiger partial charge in [-0.15, -0.1) is 0 Å². The lowest BCUT2D eigenvalue weighted by Crippen LogP contribution is -2.57. The van der Waals surface area contributed by atoms with E-state index < -0.39 is 0 Å². The molecule has 1 aromatic carbocycles. The third kappa shape index (κ3) is 4.53. The minimum Gasteiger partial charge on any atom is -0.459 e. The van der Waals surface area contributed by atoms with Gasteiger partial charge in [0.25, 0.3) is 5.91 Å². The molecule has 2 aliphatic rings. The standard InChI is InChI=1S/C23H29N3O3/c1-18-6-4-7-19(16-18)17-24-11-13-25(14-12-24)22(27)20-8-2-3-10-26(20)23(28)21-9-5-15-29-21/h4-7,9,15-16,20H,2-3,8,10-14,17H2,1H3. The van der Waals surface area contributed by atoms with E-state index in [2.05, 4.69) is 36.1 Å². The number of carbonyl (C=O) groups excluding carboxylic acids is 2. The molecular weight excluding hydrogens is 366 g/mol. The monoisotopic (exact) mass is 395 g/mol. The summed E-state index contributed by atoms with van der Waals surface area (Å²) >= 11 is 0. The van der Waals surface area contributed by atoms with Crippen molar-refractivity contribution in [2.75, 3.05) is 32.7 Å². The molecule has 3 heterocycles. The maximum absolute atomic E-state index is 13.2. The van der Waals surface area contributed by atoms with Crippen LogP contribution in [0.1, 0.15) is 40.9 Å². The van der Waals surface area contributed by atoms with Crippen LogP contribution in [0, 0.1) is 6.92 Å². The summed E-state index contributed by atoms with van der Waals surface area (Å²) in [5.41, 5.74) is 2.59. The molecule has 2 aliphatic heterocycles. The minimum atomic E-state index is -0.371. The lowest BCUT2D eigenvalue weighted by Gasteiger charge is -2.40. The van der Waals surface area contributed by atoms with Crippen molar-refractivity contribution in [2.24, 2.45) is 0 Å². The van der Waals surface area contributed by atoms with Crippen LogP contribution in [0.15, 0.2) is 47.1 Å². The number of benzene rings is 1. The third-order valence-electron chi connectivity index (χ3n) is 5.95. The first-order valence-electron chi connectivity index (χ1n) is 10.5. The van der Waals surface area contributed by atoms with E-state index in [-0.39, 0.29) is 17.9 Å². The van der Waals surface area contributed by atoms with Crippen molar-refractivity contribution < 1.29 is 14.0 Å². The van der Waals surface area contributed by atoms with Gasteiger partial charge in [0.05, 0.1) is 6.26 Å². The first kappa shape index (κ1) is 19.7. The average molecular weight is 396 g/mol. The van der Waals surface area contributed by atoms with Gasteiger partial charge in [-0.1, -0.05) is 29.8 Å². The summed E-state index contributed by atoms with van der Waals surface area (Å²) in [6.45, 7) is 6.78. The number of aryl methyl sites for hydroxylation is 1. The Balaban J connectivity index is 1.36. The van der Waals surface area contributed by atoms with E-state index in [1.54, 1.807) is 17.0 Å². The van der Waals surface area contributed by atoms with Gasteiger partial charge in [-0.25, -0.2) is 0 Å². The summed E-state index contributed by atoms with van der Waals surface area (Å²) in [4.78, 5) is 32.1. The Labute approximate surface area is 172 Å². The Bertz CT molecular complexity index is 841. The fourth-order valence-corrected chi connectivity index (χ4v) is 4.38. The van der Waals surface area contributed by atoms with Crippen LogP contribution in [0.3, 0.4) is 0 Å². The minimum absolute atomic E-state index is 0.0832. The summed E-state index contributed by atoms with van der Waals surface area (Å²) in [7, 11) is 0. The summed E-state index contributed by atoms with van der Waals surface area (Å²) < 4.78 is 5.28. The zero-order valence-corrected chi connectivity index (χ0v) is 17.0. The molecule has 2 amide bonds. The fourth-order valence-electron chi connectivity index (χ4n) is 4.38. The predicted octanol–water partition coefficient (Wildman–Crippen LogP) is 2.93. The predicted molar refractivity (Wildman–Crippen MR) is 110 cm³/mol. The van der Waals surface area contributed by atoms with Crippen molar-refractivity contribution in [1.82, 2.24) is 14.7 Å². The van der Waals surface area contributed by atoms with Crippen LogP contribution in [0.4, 0.5) is 0 Å². The zero-order valence-electron chi connectivity index (χ0n) is 17.0. The van der Waals surface area contributed by atoms with Gasteiger partial charge in [0.15, 0.2) is 5.76 Å². The van der Waals surface area contributed by atoms with Crippen LogP contribution < -0.4 is 0 Å². The van der Waals surface area contributed by atoms with Crippen LogP contribution >= 0.6 is 0 Å². The molecule has 6 heteroatoms. The molecule has 0 spiro atoms. The average Bonchev–Trinajstić information content (AvgIpc) is 3.28. The van der Waals surface area contributed by atoms with E-state index in [0.29, 0.717) is 25.4 Å². The van der Waals surface area contributed by atoms with Crippen molar-refractivity contribution in [2.45, 2.75) is 38.8 Å². The molecule has 1 unspecified atom stereocenters. The summed E-state index contributed by atoms with van der Waals surface area (Å²) in [5.74, 6) is 0.221. The molecule has 4 rings (SSSR count). The van der Waals surface area contributed by atoms with Gasteiger partial charge in [0, 0.05) is 39.3 Å². The number of rotatable bonds is 4. The van der Waals surface area contributed by atoms with Crippen LogP contribution in [-0.4, -0.2) is 65.3 Å². The largest absolute Gasteiger partial charge is 0.459 e. The number of hydrogen-bond acceptors (Lipinski definition) is 4. The summed E-state index contributed by atoms with van der Waals surface area (Å²) in [5, 5.41) is 0. The lowest BCUT2D eigenvalue weighted by molar-refractivity contribution is -0.139. The smallest absolute Gasteiger partial charge is 0.290 e. The molecule has 2 aromatic rings. The first-order valence-corrected chi connectivity index (χ1v) is 10.5. The second-order valence-corrected chi connectivity index (χ2v) is 8.08. The first-order chi connectivity index (χ1) is 14.1. The van der Waals surface area contributed by atoms with Crippen LogP contribution in [0.25, 0.3) is 0 Å². The van der Waals surface area contributed by atoms with E-state index in [1.165, 1.54) is 17.4 Å². The van der Waals surface area contributed by atoms with Gasteiger partial charge in [-0.05, 0) is 43.9 Å². The topological polar surface area (TPSA) is 57.0 Å². The van der Waals surface area contributed by atoms with Crippen molar-refractivity contribution in [1.29, 1.82) is 0 Å². The quantitative estimate of drug-likeness (QED) is 0.799. The molecular formula is C23H29N3O3. The van der Waals surface area contributed by atoms with E-state index in [1.807, 2.05) is 4.90 Å². The van der Waals surface area contributed by atoms with Gasteiger partial charge in [0.1, 0.15) is 6.04 Å². The van der Waals surface area contributed by atoms with Crippen molar-refractivity contribution >= 4 is 11.8 Å². The van der Waals surface area contributed by atoms with Gasteiger partial charge in [0.2, 0.25) is 5.91 Å². The normalized spacial score (nSPS) is 20.7. The lowest BCUT2D eigenvalue weighted by atomic mass is 10.00. The number of piperidine rings is 1. The fraction of sp³-hybridized carbons (Fsp3) is 0.478. The van der Waals surface area contributed by atoms with E-state index in [4.69, 9.17) is 4.42 Å². The van der Waals surface area contributed by atoms with Crippen molar-refractivity contribution in [3.05, 3.63) is 59.5 Å². The molecule has 6 nitrogen and oxygen atoms in total. The molecule has 2 fully saturated rings. The van der Waals surface area contributed by atoms with Gasteiger partial charge in [-0.3, -0.25) is 14.5 Å². The number of hydrogen-bond donors (Lipinski definition) is 0. The maximum atomic E-state index is 13.2. The molecule has 1 atom stereocenters. The van der Waals surface area contributed by atoms with Crippen LogP contribution in [0.5, 0.6) is 0 Å². The third-order valence-corrected chi connectivity index (χ3v) is 5.95. The number of amides is 2. The summed E-state index contributed by atoms with van der Waals surface area (Å²) in [6, 6.07) is 11.6. The van der Waals surface area contributed by atoms with Crippen molar-refractivity contribution in [3.63, 3.8) is 0 Å². The number of carbonyl (C=O) groups is 2.